The zero-order chi connectivity index (χ0) is 15.2. The van der Waals surface area contributed by atoms with Crippen LogP contribution in [0.15, 0.2) is 24.3 Å². The molecule has 0 aliphatic carbocycles. The Morgan fingerprint density at radius 3 is 2.77 bits per heavy atom. The van der Waals surface area contributed by atoms with Crippen LogP contribution in [0.3, 0.4) is 0 Å². The van der Waals surface area contributed by atoms with Crippen molar-refractivity contribution < 1.29 is 14.4 Å². The molecule has 1 saturated heterocycles. The van der Waals surface area contributed by atoms with E-state index < -0.39 is 6.03 Å². The minimum atomic E-state index is -0.391. The molecular weight excluding hydrogens is 308 g/mol. The average molecular weight is 327 g/mol. The minimum absolute atomic E-state index is 0. The van der Waals surface area contributed by atoms with Gasteiger partial charge in [-0.3, -0.25) is 14.5 Å². The number of nitrogens with two attached hydrogens (primary N) is 1. The number of carbonyl (C=O) groups is 3. The van der Waals surface area contributed by atoms with Crippen LogP contribution in [0.1, 0.15) is 18.4 Å². The smallest absolute Gasteiger partial charge is 0.324 e. The fraction of sp³-hybridized carbons (Fsp3) is 0.357. The summed E-state index contributed by atoms with van der Waals surface area (Å²) < 4.78 is 0. The molecular formula is C14H19ClN4O3. The molecule has 7 nitrogen and oxygen atoms in total. The van der Waals surface area contributed by atoms with Crippen LogP contribution in [0.4, 0.5) is 10.5 Å². The van der Waals surface area contributed by atoms with E-state index in [4.69, 9.17) is 5.73 Å². The van der Waals surface area contributed by atoms with Gasteiger partial charge in [0.15, 0.2) is 0 Å². The van der Waals surface area contributed by atoms with Crippen molar-refractivity contribution in [2.45, 2.75) is 19.4 Å². The molecule has 4 amide bonds. The predicted molar refractivity (Wildman–Crippen MR) is 84.6 cm³/mol. The number of hydrogen-bond acceptors (Lipinski definition) is 4. The van der Waals surface area contributed by atoms with Gasteiger partial charge in [0.25, 0.3) is 0 Å². The number of nitrogens with one attached hydrogen (secondary N) is 2. The van der Waals surface area contributed by atoms with Gasteiger partial charge in [0.1, 0.15) is 0 Å². The number of halogens is 1. The van der Waals surface area contributed by atoms with Gasteiger partial charge in [-0.1, -0.05) is 12.1 Å². The highest BCUT2D eigenvalue weighted by Crippen LogP contribution is 2.14. The van der Waals surface area contributed by atoms with Crippen molar-refractivity contribution in [1.82, 2.24) is 10.2 Å². The summed E-state index contributed by atoms with van der Waals surface area (Å²) in [6.07, 6.45) is 1.00. The normalized spacial score (nSPS) is 13.6. The SMILES string of the molecule is Cl.NCCCC(=O)Nc1cccc(CN2C(=O)CNC2=O)c1. The van der Waals surface area contributed by atoms with Crippen LogP contribution >= 0.6 is 12.4 Å². The van der Waals surface area contributed by atoms with Crippen LogP contribution in [0.5, 0.6) is 0 Å². The first-order valence-corrected chi connectivity index (χ1v) is 6.77. The van der Waals surface area contributed by atoms with E-state index in [0.29, 0.717) is 25.1 Å². The lowest BCUT2D eigenvalue weighted by molar-refractivity contribution is -0.125. The summed E-state index contributed by atoms with van der Waals surface area (Å²) in [6, 6.07) is 6.69. The molecule has 0 unspecified atom stereocenters. The Hall–Kier alpha value is -2.12. The van der Waals surface area contributed by atoms with E-state index in [1.54, 1.807) is 24.3 Å². The molecule has 22 heavy (non-hydrogen) atoms. The van der Waals surface area contributed by atoms with Gasteiger partial charge in [-0.25, -0.2) is 4.79 Å². The van der Waals surface area contributed by atoms with E-state index in [-0.39, 0.29) is 37.3 Å². The maximum absolute atomic E-state index is 11.6. The molecule has 2 rings (SSSR count). The van der Waals surface area contributed by atoms with Crippen molar-refractivity contribution in [3.63, 3.8) is 0 Å². The van der Waals surface area contributed by atoms with E-state index in [2.05, 4.69) is 10.6 Å². The van der Waals surface area contributed by atoms with Crippen molar-refractivity contribution >= 4 is 35.9 Å². The highest BCUT2D eigenvalue weighted by atomic mass is 35.5. The van der Waals surface area contributed by atoms with Crippen LogP contribution in [-0.2, 0) is 16.1 Å². The highest BCUT2D eigenvalue weighted by molar-refractivity contribution is 6.01. The molecule has 1 fully saturated rings. The number of anilines is 1. The van der Waals surface area contributed by atoms with Gasteiger partial charge < -0.3 is 16.4 Å². The average Bonchev–Trinajstić information content (AvgIpc) is 2.77. The molecule has 4 N–H and O–H groups in total. The molecule has 0 aromatic heterocycles. The summed E-state index contributed by atoms with van der Waals surface area (Å²) in [4.78, 5) is 35.8. The summed E-state index contributed by atoms with van der Waals surface area (Å²) in [5, 5.41) is 5.23. The highest BCUT2D eigenvalue weighted by Gasteiger charge is 2.28. The third-order valence-electron chi connectivity index (χ3n) is 3.10. The zero-order valence-corrected chi connectivity index (χ0v) is 12.8. The molecule has 8 heteroatoms. The Kier molecular flexibility index (Phi) is 6.81. The molecule has 1 aliphatic heterocycles. The fourth-order valence-electron chi connectivity index (χ4n) is 2.03. The third kappa shape index (κ3) is 4.71. The molecule has 0 atom stereocenters. The van der Waals surface area contributed by atoms with Crippen molar-refractivity contribution in [2.24, 2.45) is 5.73 Å². The maximum Gasteiger partial charge on any atom is 0.324 e. The first kappa shape index (κ1) is 17.9. The molecule has 1 aromatic carbocycles. The standard InChI is InChI=1S/C14H18N4O3.ClH/c15-6-2-5-12(19)17-11-4-1-3-10(7-11)9-18-13(20)8-16-14(18)21;/h1,3-4,7H,2,5-6,8-9,15H2,(H,16,21)(H,17,19);1H. The van der Waals surface area contributed by atoms with Crippen LogP contribution in [0, 0.1) is 0 Å². The van der Waals surface area contributed by atoms with E-state index in [9.17, 15) is 14.4 Å². The topological polar surface area (TPSA) is 105 Å². The monoisotopic (exact) mass is 326 g/mol. The van der Waals surface area contributed by atoms with Gasteiger partial charge >= 0.3 is 6.03 Å². The second kappa shape index (κ2) is 8.35. The largest absolute Gasteiger partial charge is 0.330 e. The number of nitrogens with zero attached hydrogens (tertiary/aromatic N) is 1. The van der Waals surface area contributed by atoms with Crippen LogP contribution in [-0.4, -0.2) is 35.8 Å². The number of carbonyl (C=O) groups excluding carboxylic acids is 3. The van der Waals surface area contributed by atoms with E-state index in [1.165, 1.54) is 0 Å². The van der Waals surface area contributed by atoms with Crippen molar-refractivity contribution in [3.05, 3.63) is 29.8 Å². The molecule has 0 bridgehead atoms. The fourth-order valence-corrected chi connectivity index (χ4v) is 2.03. The minimum Gasteiger partial charge on any atom is -0.330 e. The molecule has 1 aliphatic rings. The lowest BCUT2D eigenvalue weighted by Crippen LogP contribution is -2.30. The molecule has 0 saturated carbocycles. The van der Waals surface area contributed by atoms with Gasteiger partial charge in [0.2, 0.25) is 11.8 Å². The van der Waals surface area contributed by atoms with Crippen LogP contribution < -0.4 is 16.4 Å². The molecule has 1 heterocycles. The second-order valence-corrected chi connectivity index (χ2v) is 4.78. The zero-order valence-electron chi connectivity index (χ0n) is 12.0. The Balaban J connectivity index is 0.00000242. The van der Waals surface area contributed by atoms with Gasteiger partial charge in [-0.15, -0.1) is 12.4 Å². The summed E-state index contributed by atoms with van der Waals surface area (Å²) in [7, 11) is 0. The molecule has 0 radical (unpaired) electrons. The first-order chi connectivity index (χ1) is 10.1. The van der Waals surface area contributed by atoms with Gasteiger partial charge in [0.05, 0.1) is 13.1 Å². The van der Waals surface area contributed by atoms with E-state index in [1.807, 2.05) is 0 Å². The maximum atomic E-state index is 11.6. The number of urea groups is 1. The van der Waals surface area contributed by atoms with Gasteiger partial charge in [-0.2, -0.15) is 0 Å². The Bertz CT molecular complexity index is 549. The Morgan fingerprint density at radius 1 is 1.36 bits per heavy atom. The Morgan fingerprint density at radius 2 is 2.14 bits per heavy atom. The van der Waals surface area contributed by atoms with Gasteiger partial charge in [-0.05, 0) is 30.7 Å². The first-order valence-electron chi connectivity index (χ1n) is 6.77. The van der Waals surface area contributed by atoms with Crippen molar-refractivity contribution in [2.75, 3.05) is 18.4 Å². The number of imide groups is 1. The number of benzene rings is 1. The lowest BCUT2D eigenvalue weighted by Gasteiger charge is -2.13. The van der Waals surface area contributed by atoms with Crippen molar-refractivity contribution in [3.8, 4) is 0 Å². The summed E-state index contributed by atoms with van der Waals surface area (Å²) in [6.45, 7) is 0.700. The number of rotatable bonds is 6. The van der Waals surface area contributed by atoms with Crippen LogP contribution in [0.25, 0.3) is 0 Å². The summed E-state index contributed by atoms with van der Waals surface area (Å²) in [5.41, 5.74) is 6.77. The van der Waals surface area contributed by atoms with Crippen LogP contribution in [0.2, 0.25) is 0 Å². The second-order valence-electron chi connectivity index (χ2n) is 4.78. The number of amides is 4. The quantitative estimate of drug-likeness (QED) is 0.674. The van der Waals surface area contributed by atoms with Gasteiger partial charge in [0, 0.05) is 12.1 Å². The lowest BCUT2D eigenvalue weighted by atomic mass is 10.2. The third-order valence-corrected chi connectivity index (χ3v) is 3.10. The predicted octanol–water partition coefficient (Wildman–Crippen LogP) is 0.838. The Labute approximate surface area is 134 Å². The molecule has 0 spiro atoms. The van der Waals surface area contributed by atoms with E-state index >= 15 is 0 Å². The van der Waals surface area contributed by atoms with Crippen molar-refractivity contribution in [1.29, 1.82) is 0 Å². The molecule has 120 valence electrons. The summed E-state index contributed by atoms with van der Waals surface area (Å²) >= 11 is 0. The molecule has 1 aromatic rings. The summed E-state index contributed by atoms with van der Waals surface area (Å²) in [5.74, 6) is -0.357. The van der Waals surface area contributed by atoms with E-state index in [0.717, 1.165) is 10.5 Å². The number of hydrogen-bond donors (Lipinski definition) is 3.